The molecule has 78 heavy (non-hydrogen) atoms. The lowest BCUT2D eigenvalue weighted by Crippen LogP contribution is -2.40. The molecule has 0 bridgehead atoms. The lowest BCUT2D eigenvalue weighted by Gasteiger charge is -2.32. The molecule has 0 unspecified atom stereocenters. The summed E-state index contributed by atoms with van der Waals surface area (Å²) in [5.41, 5.74) is 5.07. The summed E-state index contributed by atoms with van der Waals surface area (Å²) < 4.78 is 14.8. The van der Waals surface area contributed by atoms with Gasteiger partial charge in [0.1, 0.15) is 37.0 Å². The van der Waals surface area contributed by atoms with E-state index < -0.39 is 6.03 Å². The van der Waals surface area contributed by atoms with E-state index in [1.807, 2.05) is 0 Å². The van der Waals surface area contributed by atoms with Crippen molar-refractivity contribution in [3.8, 4) is 11.5 Å². The smallest absolute Gasteiger partial charge is 0.431 e. The lowest BCUT2D eigenvalue weighted by molar-refractivity contribution is -0.712. The highest BCUT2D eigenvalue weighted by Crippen LogP contribution is 2.42. The summed E-state index contributed by atoms with van der Waals surface area (Å²) >= 11 is 2.78. The number of benzene rings is 4. The predicted octanol–water partition coefficient (Wildman–Crippen LogP) is 10.4. The van der Waals surface area contributed by atoms with E-state index in [0.29, 0.717) is 104 Å². The molecule has 2 saturated carbocycles. The van der Waals surface area contributed by atoms with E-state index in [1.165, 1.54) is 63.6 Å². The number of hydrogen-bond acceptors (Lipinski definition) is 19. The van der Waals surface area contributed by atoms with Gasteiger partial charge in [-0.05, 0) is 119 Å². The highest BCUT2D eigenvalue weighted by molar-refractivity contribution is 7.18. The van der Waals surface area contributed by atoms with Crippen LogP contribution in [0.1, 0.15) is 78.1 Å². The van der Waals surface area contributed by atoms with Crippen molar-refractivity contribution in [3.05, 3.63) is 72.8 Å². The summed E-state index contributed by atoms with van der Waals surface area (Å²) in [6.07, 6.45) is 11.3. The Hall–Kier alpha value is -7.87. The van der Waals surface area contributed by atoms with Crippen molar-refractivity contribution in [1.29, 1.82) is 0 Å². The SMILES string of the molecule is COc1cc(N=Nc2sc(N(CCO)C3CCCCC3)n[n+]2C)c(NC(C)=O)cc1Nc1ccc(NC(=O)Nc2ccc(Nc3cc(NC(C)=O)c(N=Nc4sc(N(CCO)C5CCCCC5)n[n+]4C)cc3OC)cc2)cc1. The van der Waals surface area contributed by atoms with Gasteiger partial charge in [0.15, 0.2) is 0 Å². The number of nitrogens with one attached hydrogen (secondary N) is 6. The van der Waals surface area contributed by atoms with Gasteiger partial charge in [-0.2, -0.15) is 0 Å². The summed E-state index contributed by atoms with van der Waals surface area (Å²) in [7, 11) is 6.67. The summed E-state index contributed by atoms with van der Waals surface area (Å²) in [6, 6.07) is 21.1. The van der Waals surface area contributed by atoms with E-state index in [-0.39, 0.29) is 25.0 Å². The normalized spacial score (nSPS) is 14.1. The van der Waals surface area contributed by atoms with E-state index in [2.05, 4.69) is 62.2 Å². The lowest BCUT2D eigenvalue weighted by atomic mass is 9.94. The molecule has 2 heterocycles. The van der Waals surface area contributed by atoms with E-state index in [0.717, 1.165) is 61.6 Å². The van der Waals surface area contributed by atoms with Crippen LogP contribution in [0.4, 0.5) is 82.2 Å². The number of methoxy groups -OCH3 is 2. The molecule has 23 nitrogen and oxygen atoms in total. The van der Waals surface area contributed by atoms with Gasteiger partial charge in [-0.1, -0.05) is 48.7 Å². The van der Waals surface area contributed by atoms with Crippen LogP contribution in [0.5, 0.6) is 11.5 Å². The Kier molecular flexibility index (Phi) is 19.5. The molecule has 0 atom stereocenters. The summed E-state index contributed by atoms with van der Waals surface area (Å²) in [5, 5.41) is 67.9. The summed E-state index contributed by atoms with van der Waals surface area (Å²) in [5.74, 6) is 0.299. The van der Waals surface area contributed by atoms with Crippen LogP contribution in [-0.4, -0.2) is 90.9 Å². The van der Waals surface area contributed by atoms with Crippen LogP contribution in [0, 0.1) is 0 Å². The second-order valence-electron chi connectivity index (χ2n) is 18.9. The average Bonchev–Trinajstić information content (AvgIpc) is 4.01. The molecule has 0 aliphatic heterocycles. The molecule has 4 amide bonds. The van der Waals surface area contributed by atoms with E-state index in [9.17, 15) is 24.6 Å². The Morgan fingerprint density at radius 1 is 0.564 bits per heavy atom. The highest BCUT2D eigenvalue weighted by atomic mass is 32.1. The second-order valence-corrected chi connectivity index (χ2v) is 20.8. The zero-order valence-electron chi connectivity index (χ0n) is 44.7. The van der Waals surface area contributed by atoms with Gasteiger partial charge >= 0.3 is 16.3 Å². The fourth-order valence-corrected chi connectivity index (χ4v) is 11.3. The third-order valence-corrected chi connectivity index (χ3v) is 15.2. The monoisotopic (exact) mass is 1100 g/mol. The molecule has 4 aromatic carbocycles. The van der Waals surface area contributed by atoms with Gasteiger partial charge in [-0.3, -0.25) is 9.59 Å². The number of hydrogen-bond donors (Lipinski definition) is 8. The van der Waals surface area contributed by atoms with Crippen molar-refractivity contribution in [2.75, 3.05) is 82.2 Å². The first-order chi connectivity index (χ1) is 37.8. The molecule has 2 fully saturated rings. The highest BCUT2D eigenvalue weighted by Gasteiger charge is 2.30. The molecular formula is C53H68N16O7S2+2. The topological polar surface area (TPSA) is 272 Å². The summed E-state index contributed by atoms with van der Waals surface area (Å²) in [4.78, 5) is 42.2. The number of aliphatic hydroxyl groups is 2. The quantitative estimate of drug-likeness (QED) is 0.0232. The molecule has 6 aromatic rings. The number of rotatable bonds is 22. The molecule has 2 aliphatic carbocycles. The van der Waals surface area contributed by atoms with Crippen molar-refractivity contribution in [1.82, 2.24) is 10.2 Å². The van der Waals surface area contributed by atoms with E-state index in [4.69, 9.17) is 19.7 Å². The molecule has 0 radical (unpaired) electrons. The number of nitrogens with zero attached hydrogens (tertiary/aromatic N) is 10. The van der Waals surface area contributed by atoms with Gasteiger partial charge in [0.25, 0.3) is 0 Å². The Morgan fingerprint density at radius 3 is 1.28 bits per heavy atom. The molecule has 2 aromatic heterocycles. The van der Waals surface area contributed by atoms with Crippen LogP contribution in [0.2, 0.25) is 0 Å². The Bertz CT molecular complexity index is 2880. The number of aromatic nitrogens is 4. The van der Waals surface area contributed by atoms with E-state index >= 15 is 0 Å². The minimum Gasteiger partial charge on any atom is -0.494 e. The fourth-order valence-electron chi connectivity index (χ4n) is 9.44. The first-order valence-corrected chi connectivity index (χ1v) is 27.6. The van der Waals surface area contributed by atoms with Gasteiger partial charge in [0, 0.05) is 73.9 Å². The third-order valence-electron chi connectivity index (χ3n) is 13.2. The van der Waals surface area contributed by atoms with Crippen molar-refractivity contribution < 1.29 is 43.4 Å². The predicted molar refractivity (Wildman–Crippen MR) is 304 cm³/mol. The molecule has 0 saturated heterocycles. The Labute approximate surface area is 460 Å². The van der Waals surface area contributed by atoms with E-state index in [1.54, 1.807) is 96.3 Å². The Morgan fingerprint density at radius 2 is 0.936 bits per heavy atom. The van der Waals surface area contributed by atoms with Crippen LogP contribution in [-0.2, 0) is 23.7 Å². The average molecular weight is 1110 g/mol. The number of aliphatic hydroxyl groups excluding tert-OH is 2. The van der Waals surface area contributed by atoms with Crippen LogP contribution < -0.4 is 60.5 Å². The maximum atomic E-state index is 13.2. The third kappa shape index (κ3) is 14.8. The number of urea groups is 1. The fraction of sp³-hybridized carbons (Fsp3) is 0.415. The zero-order valence-corrected chi connectivity index (χ0v) is 46.3. The minimum atomic E-state index is -0.459. The number of carbonyl (C=O) groups excluding carboxylic acids is 3. The van der Waals surface area contributed by atoms with Crippen LogP contribution in [0.15, 0.2) is 93.3 Å². The van der Waals surface area contributed by atoms with Crippen LogP contribution >= 0.6 is 22.7 Å². The Balaban J connectivity index is 0.890. The number of aryl methyl sites for hydroxylation is 2. The number of anilines is 10. The van der Waals surface area contributed by atoms with Crippen molar-refractivity contribution in [3.63, 3.8) is 0 Å². The molecule has 8 N–H and O–H groups in total. The first kappa shape index (κ1) is 56.3. The molecule has 0 spiro atoms. The molecule has 8 rings (SSSR count). The molecular weight excluding hydrogens is 1040 g/mol. The number of ether oxygens (including phenoxy) is 2. The first-order valence-electron chi connectivity index (χ1n) is 26.0. The van der Waals surface area contributed by atoms with Crippen molar-refractivity contribution in [2.45, 2.75) is 90.1 Å². The number of carbonyl (C=O) groups is 3. The second kappa shape index (κ2) is 26.9. The maximum Gasteiger partial charge on any atom is 0.431 e. The van der Waals surface area contributed by atoms with Gasteiger partial charge in [-0.25, -0.2) is 4.79 Å². The van der Waals surface area contributed by atoms with Gasteiger partial charge < -0.3 is 61.4 Å². The van der Waals surface area contributed by atoms with Gasteiger partial charge in [-0.15, -0.1) is 9.36 Å². The van der Waals surface area contributed by atoms with Crippen LogP contribution in [0.25, 0.3) is 0 Å². The molecule has 25 heteroatoms. The largest absolute Gasteiger partial charge is 0.494 e. The number of azo groups is 2. The standard InChI is InChI=1S/C53H66N16O7S2/c1-33(72)54-41-29-45(47(75-5)31-43(41)60-62-50-66(3)64-52(77-50)68(25-27-70)39-13-9-7-10-14-39)56-35-17-21-37(22-18-35)58-49(74)59-38-23-19-36(20-24-38)57-46-30-42(55-34(2)73)44(32-48(46)76-6)61-63-51-67(4)65-53(78-51)69(26-28-71)40-15-11-8-12-16-40/h17-24,29-32,39-40,70-71H,7-16,25-28H2,1-6H3,(H4,54,55,56,57,58,59,60,61,72,73,74)/p+2. The molecule has 412 valence electrons. The zero-order chi connectivity index (χ0) is 55.1. The maximum absolute atomic E-state index is 13.2. The molecule has 2 aliphatic rings. The van der Waals surface area contributed by atoms with Crippen LogP contribution in [0.3, 0.4) is 0 Å². The number of amides is 4. The van der Waals surface area contributed by atoms with Crippen molar-refractivity contribution >= 4 is 118 Å². The summed E-state index contributed by atoms with van der Waals surface area (Å²) in [6.45, 7) is 3.84. The minimum absolute atomic E-state index is 0.0221. The van der Waals surface area contributed by atoms with Gasteiger partial charge in [0.05, 0.1) is 60.4 Å². The van der Waals surface area contributed by atoms with Crippen molar-refractivity contribution in [2.24, 2.45) is 34.6 Å². The van der Waals surface area contributed by atoms with Gasteiger partial charge in [0.2, 0.25) is 22.1 Å².